The number of carbonyl (C=O) groups is 2. The van der Waals surface area contributed by atoms with E-state index in [-0.39, 0.29) is 37.4 Å². The number of hydrogen-bond donors (Lipinski definition) is 4. The number of oxazole rings is 1. The Kier molecular flexibility index (Phi) is 10.9. The SMILES string of the molecule is COc1nc(O[C@H]2CCc3c(-c4cccc(-c5nc6cc(CN7CC[C@H](C(=O)O)C7)cc(C)c6o5)c4C)cccc32)c(Cl)cc1CNC[C@@H](O)CC(=O)O. The maximum absolute atomic E-state index is 11.5. The van der Waals surface area contributed by atoms with E-state index < -0.39 is 18.0 Å². The van der Waals surface area contributed by atoms with Gasteiger partial charge in [-0.05, 0) is 96.8 Å². The van der Waals surface area contributed by atoms with Crippen molar-refractivity contribution in [1.29, 1.82) is 0 Å². The van der Waals surface area contributed by atoms with Crippen LogP contribution in [0.25, 0.3) is 33.7 Å². The van der Waals surface area contributed by atoms with Crippen LogP contribution in [0, 0.1) is 19.8 Å². The number of aliphatic carboxylic acids is 2. The number of aliphatic hydroxyl groups excluding tert-OH is 1. The second-order valence-corrected chi connectivity index (χ2v) is 14.6. The number of hydrogen-bond acceptors (Lipinski definition) is 10. The normalized spacial score (nSPS) is 17.5. The lowest BCUT2D eigenvalue weighted by Crippen LogP contribution is -2.28. The lowest BCUT2D eigenvalue weighted by molar-refractivity contribution is -0.141. The first-order valence-electron chi connectivity index (χ1n) is 18.1. The van der Waals surface area contributed by atoms with Crippen molar-refractivity contribution in [3.05, 3.63) is 93.0 Å². The van der Waals surface area contributed by atoms with Gasteiger partial charge in [-0.1, -0.05) is 48.0 Å². The zero-order valence-corrected chi connectivity index (χ0v) is 31.2. The van der Waals surface area contributed by atoms with Crippen LogP contribution in [0.4, 0.5) is 0 Å². The Morgan fingerprint density at radius 3 is 2.57 bits per heavy atom. The Hall–Kier alpha value is -5.01. The third-order valence-corrected chi connectivity index (χ3v) is 10.6. The van der Waals surface area contributed by atoms with Gasteiger partial charge in [0.05, 0.1) is 25.6 Å². The number of aromatic nitrogens is 2. The third-order valence-electron chi connectivity index (χ3n) is 10.4. The lowest BCUT2D eigenvalue weighted by Gasteiger charge is -2.18. The first-order chi connectivity index (χ1) is 26.0. The molecule has 0 unspecified atom stereocenters. The molecule has 1 fully saturated rings. The second kappa shape index (κ2) is 15.8. The van der Waals surface area contributed by atoms with Crippen LogP contribution < -0.4 is 14.8 Å². The molecule has 54 heavy (non-hydrogen) atoms. The van der Waals surface area contributed by atoms with E-state index in [4.69, 9.17) is 35.6 Å². The predicted molar refractivity (Wildman–Crippen MR) is 203 cm³/mol. The van der Waals surface area contributed by atoms with E-state index in [1.165, 1.54) is 12.7 Å². The number of rotatable bonds is 14. The number of nitrogens with zero attached hydrogens (tertiary/aromatic N) is 3. The van der Waals surface area contributed by atoms with Gasteiger partial charge < -0.3 is 34.5 Å². The molecule has 3 atom stereocenters. The lowest BCUT2D eigenvalue weighted by atomic mass is 9.91. The molecule has 1 saturated heterocycles. The summed E-state index contributed by atoms with van der Waals surface area (Å²) in [7, 11) is 1.50. The molecule has 7 rings (SSSR count). The highest BCUT2D eigenvalue weighted by molar-refractivity contribution is 6.31. The van der Waals surface area contributed by atoms with Crippen molar-refractivity contribution < 1.29 is 38.8 Å². The number of aliphatic hydroxyl groups is 1. The van der Waals surface area contributed by atoms with Crippen LogP contribution in [-0.4, -0.2) is 75.0 Å². The van der Waals surface area contributed by atoms with Crippen LogP contribution in [0.15, 0.2) is 59.0 Å². The minimum absolute atomic E-state index is 0.0856. The summed E-state index contributed by atoms with van der Waals surface area (Å²) in [4.78, 5) is 34.0. The molecule has 1 aliphatic carbocycles. The van der Waals surface area contributed by atoms with Crippen LogP contribution in [0.1, 0.15) is 58.7 Å². The van der Waals surface area contributed by atoms with E-state index in [9.17, 15) is 19.8 Å². The smallest absolute Gasteiger partial charge is 0.307 e. The molecule has 282 valence electrons. The van der Waals surface area contributed by atoms with Crippen molar-refractivity contribution >= 4 is 34.6 Å². The molecule has 0 saturated carbocycles. The van der Waals surface area contributed by atoms with E-state index in [1.54, 1.807) is 6.07 Å². The Balaban J connectivity index is 1.10. The molecule has 1 aliphatic heterocycles. The number of ether oxygens (including phenoxy) is 2. The van der Waals surface area contributed by atoms with E-state index in [2.05, 4.69) is 46.4 Å². The molecule has 4 N–H and O–H groups in total. The van der Waals surface area contributed by atoms with Crippen LogP contribution in [0.3, 0.4) is 0 Å². The van der Waals surface area contributed by atoms with Crippen molar-refractivity contribution in [2.45, 2.75) is 64.8 Å². The van der Waals surface area contributed by atoms with E-state index in [0.29, 0.717) is 41.9 Å². The van der Waals surface area contributed by atoms with Gasteiger partial charge in [-0.25, -0.2) is 4.98 Å². The van der Waals surface area contributed by atoms with Gasteiger partial charge in [0.1, 0.15) is 16.6 Å². The van der Waals surface area contributed by atoms with Gasteiger partial charge in [0.25, 0.3) is 0 Å². The third kappa shape index (κ3) is 7.78. The van der Waals surface area contributed by atoms with Crippen molar-refractivity contribution in [2.75, 3.05) is 26.7 Å². The molecule has 2 aromatic heterocycles. The topological polar surface area (TPSA) is 167 Å². The highest BCUT2D eigenvalue weighted by Crippen LogP contribution is 2.43. The highest BCUT2D eigenvalue weighted by Gasteiger charge is 2.30. The fourth-order valence-electron chi connectivity index (χ4n) is 7.73. The highest BCUT2D eigenvalue weighted by atomic mass is 35.5. The summed E-state index contributed by atoms with van der Waals surface area (Å²) in [5.74, 6) is -0.999. The van der Waals surface area contributed by atoms with E-state index in [1.807, 2.05) is 31.2 Å². The number of methoxy groups -OCH3 is 1. The van der Waals surface area contributed by atoms with Crippen LogP contribution in [-0.2, 0) is 29.1 Å². The molecule has 12 nitrogen and oxygen atoms in total. The number of likely N-dealkylation sites (tertiary alicyclic amines) is 1. The maximum Gasteiger partial charge on any atom is 0.307 e. The van der Waals surface area contributed by atoms with Crippen molar-refractivity contribution in [3.8, 4) is 34.3 Å². The minimum atomic E-state index is -1.07. The minimum Gasteiger partial charge on any atom is -0.481 e. The van der Waals surface area contributed by atoms with Gasteiger partial charge in [-0.3, -0.25) is 14.5 Å². The van der Waals surface area contributed by atoms with Gasteiger partial charge in [0.2, 0.25) is 17.7 Å². The molecule has 13 heteroatoms. The van der Waals surface area contributed by atoms with Gasteiger partial charge in [-0.15, -0.1) is 0 Å². The number of aryl methyl sites for hydroxylation is 1. The number of fused-ring (bicyclic) bond motifs is 2. The molecular weight excluding hydrogens is 712 g/mol. The molecule has 0 bridgehead atoms. The standard InChI is InChI=1S/C41H43ClN4O8/c1-22-14-24(20-46-13-12-25(21-46)41(50)51)15-34-37(22)54-39(44-34)29-7-4-6-28(23(29)2)30-8-5-9-32-31(30)10-11-35(32)53-40-33(42)16-26(38(45-40)52-3)18-43-19-27(47)17-36(48)49/h4-9,14-16,25,27,35,43,47H,10-13,17-21H2,1-3H3,(H,48,49)(H,50,51)/t25-,27-,35-/m0/s1. The zero-order chi connectivity index (χ0) is 38.1. The van der Waals surface area contributed by atoms with Crippen LogP contribution in [0.5, 0.6) is 11.8 Å². The summed E-state index contributed by atoms with van der Waals surface area (Å²) in [5, 5.41) is 31.5. The van der Waals surface area contributed by atoms with Gasteiger partial charge in [0.15, 0.2) is 5.58 Å². The van der Waals surface area contributed by atoms with Gasteiger partial charge in [0, 0.05) is 37.3 Å². The fourth-order valence-corrected chi connectivity index (χ4v) is 7.95. The number of halogens is 1. The molecule has 2 aliphatic rings. The summed E-state index contributed by atoms with van der Waals surface area (Å²) in [6.45, 7) is 6.44. The Labute approximate surface area is 317 Å². The number of benzene rings is 3. The number of pyridine rings is 1. The fraction of sp³-hybridized carbons (Fsp3) is 0.366. The summed E-state index contributed by atoms with van der Waals surface area (Å²) >= 11 is 6.66. The van der Waals surface area contributed by atoms with Crippen LogP contribution >= 0.6 is 11.6 Å². The molecule has 3 heterocycles. The zero-order valence-electron chi connectivity index (χ0n) is 30.4. The monoisotopic (exact) mass is 754 g/mol. The summed E-state index contributed by atoms with van der Waals surface area (Å²) in [6, 6.07) is 18.3. The Morgan fingerprint density at radius 1 is 1.04 bits per heavy atom. The Morgan fingerprint density at radius 2 is 1.81 bits per heavy atom. The van der Waals surface area contributed by atoms with E-state index >= 15 is 0 Å². The predicted octanol–water partition coefficient (Wildman–Crippen LogP) is 6.73. The molecular formula is C41H43ClN4O8. The Bertz CT molecular complexity index is 2220. The quantitative estimate of drug-likeness (QED) is 0.0945. The number of carboxylic acid groups (broad SMARTS) is 2. The summed E-state index contributed by atoms with van der Waals surface area (Å²) < 4.78 is 18.4. The van der Waals surface area contributed by atoms with Crippen molar-refractivity contribution in [2.24, 2.45) is 5.92 Å². The average molecular weight is 755 g/mol. The summed E-state index contributed by atoms with van der Waals surface area (Å²) in [6.07, 6.45) is 0.534. The van der Waals surface area contributed by atoms with Crippen molar-refractivity contribution in [3.63, 3.8) is 0 Å². The molecule has 0 amide bonds. The van der Waals surface area contributed by atoms with Crippen molar-refractivity contribution in [1.82, 2.24) is 20.2 Å². The first kappa shape index (κ1) is 37.3. The van der Waals surface area contributed by atoms with Gasteiger partial charge in [-0.2, -0.15) is 4.98 Å². The molecule has 3 aromatic carbocycles. The number of nitrogens with one attached hydrogen (secondary N) is 1. The molecule has 0 radical (unpaired) electrons. The second-order valence-electron chi connectivity index (χ2n) is 14.2. The average Bonchev–Trinajstić information content (AvgIpc) is 3.88. The molecule has 0 spiro atoms. The first-order valence-corrected chi connectivity index (χ1v) is 18.4. The van der Waals surface area contributed by atoms with E-state index in [0.717, 1.165) is 69.4 Å². The summed E-state index contributed by atoms with van der Waals surface area (Å²) in [5.41, 5.74) is 10.6. The maximum atomic E-state index is 11.5. The molecule has 5 aromatic rings. The number of carboxylic acids is 2. The van der Waals surface area contributed by atoms with Gasteiger partial charge >= 0.3 is 11.9 Å². The largest absolute Gasteiger partial charge is 0.481 e. The van der Waals surface area contributed by atoms with Crippen LogP contribution in [0.2, 0.25) is 5.02 Å².